The summed E-state index contributed by atoms with van der Waals surface area (Å²) in [4.78, 5) is 12.1. The third-order valence-corrected chi connectivity index (χ3v) is 6.48. The number of hydrogen-bond acceptors (Lipinski definition) is 4. The average Bonchev–Trinajstić information content (AvgIpc) is 3.44. The molecule has 2 aromatic heterocycles. The van der Waals surface area contributed by atoms with Crippen LogP contribution < -0.4 is 5.73 Å². The molecule has 5 rings (SSSR count). The molecule has 2 unspecified atom stereocenters. The van der Waals surface area contributed by atoms with Gasteiger partial charge in [0.2, 0.25) is 5.60 Å². The van der Waals surface area contributed by atoms with Gasteiger partial charge in [-0.2, -0.15) is 18.3 Å². The van der Waals surface area contributed by atoms with Crippen molar-refractivity contribution in [3.05, 3.63) is 95.6 Å². The van der Waals surface area contributed by atoms with Crippen molar-refractivity contribution < 1.29 is 32.6 Å². The van der Waals surface area contributed by atoms with Crippen LogP contribution in [0, 0.1) is 5.82 Å². The number of aromatic nitrogens is 3. The number of nitrogens with zero attached hydrogens (tertiary/aromatic N) is 3. The van der Waals surface area contributed by atoms with Gasteiger partial charge in [0, 0.05) is 29.1 Å². The first-order chi connectivity index (χ1) is 17.9. The minimum Gasteiger partial charge on any atom is -0.392 e. The van der Waals surface area contributed by atoms with E-state index in [0.29, 0.717) is 16.6 Å². The molecule has 0 aliphatic heterocycles. The highest BCUT2D eigenvalue weighted by Gasteiger charge is 2.57. The molecule has 0 aliphatic rings. The van der Waals surface area contributed by atoms with Gasteiger partial charge in [-0.15, -0.1) is 0 Å². The second-order valence-corrected chi connectivity index (χ2v) is 9.12. The van der Waals surface area contributed by atoms with Crippen molar-refractivity contribution in [1.29, 1.82) is 0 Å². The molecule has 0 spiro atoms. The molecule has 1 amide bonds. The van der Waals surface area contributed by atoms with Gasteiger partial charge in [0.25, 0.3) is 5.91 Å². The molecule has 0 saturated carbocycles. The quantitative estimate of drug-likeness (QED) is 0.285. The number of fused-ring (bicyclic) bond motifs is 2. The van der Waals surface area contributed by atoms with Crippen molar-refractivity contribution in [3.8, 4) is 5.69 Å². The first-order valence-electron chi connectivity index (χ1n) is 11.6. The second kappa shape index (κ2) is 8.96. The Kier molecular flexibility index (Phi) is 6.00. The molecule has 7 nitrogen and oxygen atoms in total. The highest BCUT2D eigenvalue weighted by atomic mass is 19.4. The molecule has 2 atom stereocenters. The maximum atomic E-state index is 14.8. The maximum Gasteiger partial charge on any atom is 0.425 e. The van der Waals surface area contributed by atoms with Gasteiger partial charge in [0.15, 0.2) is 0 Å². The molecule has 5 aromatic rings. The van der Waals surface area contributed by atoms with Crippen LogP contribution >= 0.6 is 0 Å². The van der Waals surface area contributed by atoms with Gasteiger partial charge in [0.05, 0.1) is 34.6 Å². The van der Waals surface area contributed by atoms with Crippen LogP contribution in [0.5, 0.6) is 0 Å². The normalized spacial score (nSPS) is 14.6. The Morgan fingerprint density at radius 2 is 1.82 bits per heavy atom. The number of primary amides is 1. The number of alkyl halides is 3. The van der Waals surface area contributed by atoms with E-state index >= 15 is 0 Å². The van der Waals surface area contributed by atoms with Crippen molar-refractivity contribution in [1.82, 2.24) is 14.3 Å². The lowest BCUT2D eigenvalue weighted by Gasteiger charge is -2.31. The number of nitrogens with two attached hydrogens (primary N) is 1. The van der Waals surface area contributed by atoms with Crippen LogP contribution in [0.2, 0.25) is 0 Å². The highest BCUT2D eigenvalue weighted by Crippen LogP contribution is 2.48. The second-order valence-electron chi connectivity index (χ2n) is 9.12. The molecule has 38 heavy (non-hydrogen) atoms. The van der Waals surface area contributed by atoms with Gasteiger partial charge < -0.3 is 20.5 Å². The lowest BCUT2D eigenvalue weighted by Crippen LogP contribution is -2.43. The van der Waals surface area contributed by atoms with Crippen molar-refractivity contribution >= 4 is 27.7 Å². The first kappa shape index (κ1) is 25.4. The van der Waals surface area contributed by atoms with Crippen LogP contribution in [0.3, 0.4) is 0 Å². The number of carbonyl (C=O) groups is 1. The summed E-state index contributed by atoms with van der Waals surface area (Å²) in [6.07, 6.45) is -3.71. The number of carbonyl (C=O) groups excluding carboxylic acids is 1. The Morgan fingerprint density at radius 3 is 2.45 bits per heavy atom. The standard InChI is InChI=1S/C27H22F4N4O3/c1-15(36)13-34-14-22(20-3-2-4-21(24(20)34)25(32)37)26(38,27(29,30)31)17-5-10-23-16(11-17)12-33-35(23)19-8-6-18(28)7-9-19/h2-12,14-15,36,38H,13H2,1H3,(H2,32,37). The van der Waals surface area contributed by atoms with Crippen LogP contribution in [0.25, 0.3) is 27.5 Å². The zero-order chi connectivity index (χ0) is 27.4. The van der Waals surface area contributed by atoms with E-state index in [9.17, 15) is 32.6 Å². The fourth-order valence-electron chi connectivity index (χ4n) is 4.79. The summed E-state index contributed by atoms with van der Waals surface area (Å²) in [5, 5.41) is 25.9. The smallest absolute Gasteiger partial charge is 0.392 e. The average molecular weight is 526 g/mol. The third-order valence-electron chi connectivity index (χ3n) is 6.48. The van der Waals surface area contributed by atoms with Crippen LogP contribution in [-0.2, 0) is 12.1 Å². The summed E-state index contributed by atoms with van der Waals surface area (Å²) in [5.41, 5.74) is 1.97. The van der Waals surface area contributed by atoms with Gasteiger partial charge in [0.1, 0.15) is 5.82 Å². The lowest BCUT2D eigenvalue weighted by atomic mass is 9.84. The van der Waals surface area contributed by atoms with Gasteiger partial charge in [-0.1, -0.05) is 18.2 Å². The number of para-hydroxylation sites is 1. The minimum atomic E-state index is -5.18. The van der Waals surface area contributed by atoms with E-state index in [1.807, 2.05) is 0 Å². The number of hydrogen-bond donors (Lipinski definition) is 3. The number of aliphatic hydroxyl groups excluding tert-OH is 1. The molecule has 3 aromatic carbocycles. The Balaban J connectivity index is 1.74. The van der Waals surface area contributed by atoms with E-state index in [2.05, 4.69) is 5.10 Å². The number of halogens is 4. The summed E-state index contributed by atoms with van der Waals surface area (Å²) < 4.78 is 60.4. The van der Waals surface area contributed by atoms with Gasteiger partial charge in [-0.05, 0) is 55.0 Å². The maximum absolute atomic E-state index is 14.8. The largest absolute Gasteiger partial charge is 0.425 e. The van der Waals surface area contributed by atoms with Crippen LogP contribution in [0.1, 0.15) is 28.4 Å². The molecule has 0 aliphatic carbocycles. The summed E-state index contributed by atoms with van der Waals surface area (Å²) in [5.74, 6) is -1.31. The lowest BCUT2D eigenvalue weighted by molar-refractivity contribution is -0.247. The van der Waals surface area contributed by atoms with Crippen LogP contribution in [-0.4, -0.2) is 42.7 Å². The Bertz CT molecular complexity index is 1670. The molecule has 0 radical (unpaired) electrons. The molecule has 196 valence electrons. The number of amides is 1. The fraction of sp³-hybridized carbons (Fsp3) is 0.185. The van der Waals surface area contributed by atoms with E-state index in [4.69, 9.17) is 5.73 Å². The third kappa shape index (κ3) is 4.00. The molecular formula is C27H22F4N4O3. The summed E-state index contributed by atoms with van der Waals surface area (Å²) in [6, 6.07) is 13.3. The molecule has 4 N–H and O–H groups in total. The first-order valence-corrected chi connectivity index (χ1v) is 11.6. The topological polar surface area (TPSA) is 106 Å². The molecule has 11 heteroatoms. The zero-order valence-electron chi connectivity index (χ0n) is 19.9. The van der Waals surface area contributed by atoms with Crippen molar-refractivity contribution in [2.75, 3.05) is 0 Å². The van der Waals surface area contributed by atoms with Gasteiger partial charge in [-0.3, -0.25) is 4.79 Å². The summed E-state index contributed by atoms with van der Waals surface area (Å²) >= 11 is 0. The Morgan fingerprint density at radius 1 is 1.11 bits per heavy atom. The Labute approximate surface area is 213 Å². The zero-order valence-corrected chi connectivity index (χ0v) is 19.9. The van der Waals surface area contributed by atoms with Crippen molar-refractivity contribution in [2.45, 2.75) is 31.3 Å². The van der Waals surface area contributed by atoms with Crippen molar-refractivity contribution in [3.63, 3.8) is 0 Å². The molecule has 0 saturated heterocycles. The molecule has 0 fully saturated rings. The predicted octanol–water partition coefficient (Wildman–Crippen LogP) is 4.40. The number of rotatable bonds is 6. The summed E-state index contributed by atoms with van der Waals surface area (Å²) in [6.45, 7) is 1.30. The minimum absolute atomic E-state index is 0.0381. The van der Waals surface area contributed by atoms with E-state index in [1.54, 1.807) is 0 Å². The highest BCUT2D eigenvalue weighted by molar-refractivity contribution is 6.06. The molecule has 2 heterocycles. The number of benzene rings is 3. The Hall–Kier alpha value is -4.22. The van der Waals surface area contributed by atoms with E-state index < -0.39 is 40.7 Å². The van der Waals surface area contributed by atoms with Crippen LogP contribution in [0.4, 0.5) is 17.6 Å². The number of aliphatic hydroxyl groups is 2. The fourth-order valence-corrected chi connectivity index (χ4v) is 4.79. The predicted molar refractivity (Wildman–Crippen MR) is 132 cm³/mol. The van der Waals surface area contributed by atoms with Gasteiger partial charge >= 0.3 is 6.18 Å². The van der Waals surface area contributed by atoms with Crippen molar-refractivity contribution in [2.24, 2.45) is 5.73 Å². The monoisotopic (exact) mass is 526 g/mol. The molecular weight excluding hydrogens is 504 g/mol. The van der Waals surface area contributed by atoms with E-state index in [0.717, 1.165) is 12.3 Å². The van der Waals surface area contributed by atoms with E-state index in [1.165, 1.54) is 77.0 Å². The molecule has 0 bridgehead atoms. The van der Waals surface area contributed by atoms with Crippen LogP contribution in [0.15, 0.2) is 73.1 Å². The van der Waals surface area contributed by atoms with Gasteiger partial charge in [-0.25, -0.2) is 9.07 Å². The van der Waals surface area contributed by atoms with E-state index in [-0.39, 0.29) is 23.0 Å². The summed E-state index contributed by atoms with van der Waals surface area (Å²) in [7, 11) is 0. The SMILES string of the molecule is CC(O)Cn1cc(C(O)(c2ccc3c(cnn3-c3ccc(F)cc3)c2)C(F)(F)F)c2cccc(C(N)=O)c21.